The van der Waals surface area contributed by atoms with Crippen molar-refractivity contribution in [2.24, 2.45) is 0 Å². The summed E-state index contributed by atoms with van der Waals surface area (Å²) in [4.78, 5) is 12.3. The zero-order chi connectivity index (χ0) is 17.5. The van der Waals surface area contributed by atoms with Gasteiger partial charge in [0.2, 0.25) is 0 Å². The van der Waals surface area contributed by atoms with Crippen molar-refractivity contribution >= 4 is 16.3 Å². The van der Waals surface area contributed by atoms with E-state index >= 15 is 0 Å². The van der Waals surface area contributed by atoms with Crippen molar-refractivity contribution in [1.82, 2.24) is 4.31 Å². The normalized spacial score (nSPS) is 25.7. The fourth-order valence-electron chi connectivity index (χ4n) is 3.49. The summed E-state index contributed by atoms with van der Waals surface area (Å²) in [7, 11) is -3.02. The lowest BCUT2D eigenvalue weighted by Gasteiger charge is -2.32. The van der Waals surface area contributed by atoms with E-state index in [2.05, 4.69) is 0 Å². The third-order valence-corrected chi connectivity index (χ3v) is 6.08. The van der Waals surface area contributed by atoms with Crippen LogP contribution < -0.4 is 0 Å². The lowest BCUT2D eigenvalue weighted by atomic mass is 9.96. The molecule has 0 N–H and O–H groups in total. The van der Waals surface area contributed by atoms with Crippen LogP contribution in [-0.2, 0) is 24.0 Å². The molecule has 1 aromatic carbocycles. The van der Waals surface area contributed by atoms with Gasteiger partial charge >= 0.3 is 16.3 Å². The molecule has 1 heterocycles. The Kier molecular flexibility index (Phi) is 4.35. The predicted molar refractivity (Wildman–Crippen MR) is 79.0 cm³/mol. The molecule has 3 rings (SSSR count). The van der Waals surface area contributed by atoms with Crippen molar-refractivity contribution in [1.29, 1.82) is 0 Å². The van der Waals surface area contributed by atoms with E-state index in [4.69, 9.17) is 8.92 Å². The minimum Gasteiger partial charge on any atom is -0.468 e. The standard InChI is InChI=1S/C15H17F2NO5S/c1-22-14(19)15(4-2-3-5-15)18-9-13(23-24(18,20)21)10-6-11(16)8-12(17)7-10/h6-8,13H,2-5,9H2,1H3/t13-/m1/s1. The van der Waals surface area contributed by atoms with Gasteiger partial charge in [-0.25, -0.2) is 13.0 Å². The zero-order valence-corrected chi connectivity index (χ0v) is 13.8. The Morgan fingerprint density at radius 1 is 1.25 bits per heavy atom. The molecular formula is C15H17F2NO5S. The molecule has 6 nitrogen and oxygen atoms in total. The number of carbonyl (C=O) groups excluding carboxylic acids is 1. The van der Waals surface area contributed by atoms with Gasteiger partial charge in [-0.3, -0.25) is 4.79 Å². The van der Waals surface area contributed by atoms with Gasteiger partial charge in [0.1, 0.15) is 23.3 Å². The summed E-state index contributed by atoms with van der Waals surface area (Å²) in [6.07, 6.45) is 0.932. The molecule has 2 fully saturated rings. The molecule has 0 spiro atoms. The second-order valence-electron chi connectivity index (χ2n) is 6.01. The number of nitrogens with zero attached hydrogens (tertiary/aromatic N) is 1. The third kappa shape index (κ3) is 2.80. The monoisotopic (exact) mass is 361 g/mol. The smallest absolute Gasteiger partial charge is 0.340 e. The Labute approximate surface area is 138 Å². The first-order valence-corrected chi connectivity index (χ1v) is 8.90. The van der Waals surface area contributed by atoms with E-state index in [9.17, 15) is 22.0 Å². The van der Waals surface area contributed by atoms with Gasteiger partial charge in [0.15, 0.2) is 0 Å². The number of carbonyl (C=O) groups is 1. The van der Waals surface area contributed by atoms with Crippen LogP contribution in [0.25, 0.3) is 0 Å². The Morgan fingerprint density at radius 2 is 1.83 bits per heavy atom. The topological polar surface area (TPSA) is 72.9 Å². The Hall–Kier alpha value is -1.58. The van der Waals surface area contributed by atoms with Gasteiger partial charge in [0.25, 0.3) is 0 Å². The lowest BCUT2D eigenvalue weighted by Crippen LogP contribution is -2.53. The Balaban J connectivity index is 1.97. The molecule has 9 heteroatoms. The van der Waals surface area contributed by atoms with Crippen LogP contribution in [0.5, 0.6) is 0 Å². The largest absolute Gasteiger partial charge is 0.468 e. The molecule has 0 aromatic heterocycles. The first-order valence-electron chi connectivity index (χ1n) is 7.54. The van der Waals surface area contributed by atoms with Crippen LogP contribution in [0.1, 0.15) is 37.4 Å². The van der Waals surface area contributed by atoms with Crippen LogP contribution in [0.2, 0.25) is 0 Å². The molecule has 1 aliphatic heterocycles. The first-order chi connectivity index (χ1) is 11.3. The quantitative estimate of drug-likeness (QED) is 0.771. The zero-order valence-electron chi connectivity index (χ0n) is 13.0. The van der Waals surface area contributed by atoms with E-state index in [1.165, 1.54) is 7.11 Å². The van der Waals surface area contributed by atoms with Crippen molar-refractivity contribution in [3.63, 3.8) is 0 Å². The summed E-state index contributed by atoms with van der Waals surface area (Å²) >= 11 is 0. The molecule has 132 valence electrons. The van der Waals surface area contributed by atoms with E-state index in [1.54, 1.807) is 0 Å². The highest BCUT2D eigenvalue weighted by Gasteiger charge is 2.56. The fraction of sp³-hybridized carbons (Fsp3) is 0.533. The van der Waals surface area contributed by atoms with Crippen LogP contribution in [-0.4, -0.2) is 37.9 Å². The maximum Gasteiger partial charge on any atom is 0.340 e. The molecule has 2 aliphatic rings. The molecule has 0 unspecified atom stereocenters. The summed E-state index contributed by atoms with van der Waals surface area (Å²) in [5.41, 5.74) is -1.25. The number of rotatable bonds is 3. The van der Waals surface area contributed by atoms with Crippen LogP contribution >= 0.6 is 0 Å². The van der Waals surface area contributed by atoms with Crippen molar-refractivity contribution in [2.45, 2.75) is 37.3 Å². The predicted octanol–water partition coefficient (Wildman–Crippen LogP) is 2.07. The second-order valence-corrected chi connectivity index (χ2v) is 7.50. The van der Waals surface area contributed by atoms with Crippen LogP contribution in [0.4, 0.5) is 8.78 Å². The molecule has 1 saturated carbocycles. The highest BCUT2D eigenvalue weighted by Crippen LogP contribution is 2.43. The first kappa shape index (κ1) is 17.2. The Morgan fingerprint density at radius 3 is 2.38 bits per heavy atom. The lowest BCUT2D eigenvalue weighted by molar-refractivity contribution is -0.151. The molecule has 0 amide bonds. The van der Waals surface area contributed by atoms with Gasteiger partial charge in [-0.15, -0.1) is 0 Å². The minimum atomic E-state index is -4.22. The van der Waals surface area contributed by atoms with Crippen LogP contribution in [0.15, 0.2) is 18.2 Å². The number of methoxy groups -OCH3 is 1. The number of hydrogen-bond donors (Lipinski definition) is 0. The van der Waals surface area contributed by atoms with E-state index in [-0.39, 0.29) is 12.1 Å². The molecule has 0 radical (unpaired) electrons. The minimum absolute atomic E-state index is 0.0663. The third-order valence-electron chi connectivity index (χ3n) is 4.57. The van der Waals surface area contributed by atoms with Gasteiger partial charge in [0, 0.05) is 12.6 Å². The van der Waals surface area contributed by atoms with Gasteiger partial charge in [-0.1, -0.05) is 12.8 Å². The van der Waals surface area contributed by atoms with Crippen molar-refractivity contribution in [2.75, 3.05) is 13.7 Å². The van der Waals surface area contributed by atoms with Crippen molar-refractivity contribution in [3.05, 3.63) is 35.4 Å². The molecular weight excluding hydrogens is 344 g/mol. The summed E-state index contributed by atoms with van der Waals surface area (Å²) in [6, 6.07) is 2.73. The summed E-state index contributed by atoms with van der Waals surface area (Å²) in [5, 5.41) is 0. The fourth-order valence-corrected chi connectivity index (χ4v) is 5.06. The number of hydrogen-bond acceptors (Lipinski definition) is 5. The average Bonchev–Trinajstić information content (AvgIpc) is 3.10. The van der Waals surface area contributed by atoms with Crippen LogP contribution in [0, 0.1) is 11.6 Å². The maximum atomic E-state index is 13.4. The van der Waals surface area contributed by atoms with Gasteiger partial charge in [0.05, 0.1) is 7.11 Å². The highest BCUT2D eigenvalue weighted by atomic mass is 32.2. The van der Waals surface area contributed by atoms with E-state index < -0.39 is 39.6 Å². The number of esters is 1. The number of benzene rings is 1. The van der Waals surface area contributed by atoms with Crippen molar-refractivity contribution < 1.29 is 30.9 Å². The molecule has 1 aromatic rings. The van der Waals surface area contributed by atoms with Gasteiger partial charge in [-0.2, -0.15) is 12.7 Å². The molecule has 24 heavy (non-hydrogen) atoms. The average molecular weight is 361 g/mol. The second kappa shape index (κ2) is 6.05. The summed E-state index contributed by atoms with van der Waals surface area (Å²) < 4.78 is 62.5. The van der Waals surface area contributed by atoms with E-state index in [0.717, 1.165) is 16.4 Å². The molecule has 1 atom stereocenters. The van der Waals surface area contributed by atoms with Crippen LogP contribution in [0.3, 0.4) is 0 Å². The molecule has 0 bridgehead atoms. The highest BCUT2D eigenvalue weighted by molar-refractivity contribution is 7.84. The van der Waals surface area contributed by atoms with Crippen molar-refractivity contribution in [3.8, 4) is 0 Å². The number of ether oxygens (including phenoxy) is 1. The molecule has 1 aliphatic carbocycles. The van der Waals surface area contributed by atoms with E-state index in [0.29, 0.717) is 31.7 Å². The SMILES string of the molecule is COC(=O)C1(N2C[C@H](c3cc(F)cc(F)c3)OS2(=O)=O)CCCC1. The summed E-state index contributed by atoms with van der Waals surface area (Å²) in [6.45, 7) is -0.194. The summed E-state index contributed by atoms with van der Waals surface area (Å²) in [5.74, 6) is -2.29. The van der Waals surface area contributed by atoms with Gasteiger partial charge < -0.3 is 4.74 Å². The van der Waals surface area contributed by atoms with E-state index in [1.807, 2.05) is 0 Å². The Bertz CT molecular complexity index is 741. The van der Waals surface area contributed by atoms with Gasteiger partial charge in [-0.05, 0) is 30.5 Å². The maximum absolute atomic E-state index is 13.4. The number of halogens is 2. The molecule has 1 saturated heterocycles.